The van der Waals surface area contributed by atoms with Gasteiger partial charge in [-0.1, -0.05) is 41.9 Å². The fraction of sp³-hybridized carbons (Fsp3) is 0.231. The SMILES string of the molecule is Cc1nc(Cl)cc(N(C)Cc2ccccc2)n1. The van der Waals surface area contributed by atoms with Crippen LogP contribution in [0.25, 0.3) is 0 Å². The molecule has 2 aromatic rings. The van der Waals surface area contributed by atoms with Gasteiger partial charge in [-0.3, -0.25) is 0 Å². The quantitative estimate of drug-likeness (QED) is 0.781. The van der Waals surface area contributed by atoms with Gasteiger partial charge in [0.15, 0.2) is 0 Å². The van der Waals surface area contributed by atoms with Crippen LogP contribution in [0.3, 0.4) is 0 Å². The number of aryl methyl sites for hydroxylation is 1. The molecule has 0 fully saturated rings. The highest BCUT2D eigenvalue weighted by atomic mass is 35.5. The van der Waals surface area contributed by atoms with Crippen LogP contribution < -0.4 is 4.90 Å². The monoisotopic (exact) mass is 247 g/mol. The first-order valence-electron chi connectivity index (χ1n) is 5.41. The molecule has 0 aliphatic rings. The zero-order valence-electron chi connectivity index (χ0n) is 9.89. The number of nitrogens with zero attached hydrogens (tertiary/aromatic N) is 3. The van der Waals surface area contributed by atoms with E-state index < -0.39 is 0 Å². The van der Waals surface area contributed by atoms with Crippen LogP contribution in [0.1, 0.15) is 11.4 Å². The van der Waals surface area contributed by atoms with Crippen LogP contribution in [-0.2, 0) is 6.54 Å². The summed E-state index contributed by atoms with van der Waals surface area (Å²) in [6, 6.07) is 12.0. The number of rotatable bonds is 3. The van der Waals surface area contributed by atoms with Gasteiger partial charge in [0.25, 0.3) is 0 Å². The molecule has 0 N–H and O–H groups in total. The number of hydrogen-bond acceptors (Lipinski definition) is 3. The van der Waals surface area contributed by atoms with Crippen LogP contribution in [0.15, 0.2) is 36.4 Å². The van der Waals surface area contributed by atoms with Gasteiger partial charge in [-0.15, -0.1) is 0 Å². The minimum absolute atomic E-state index is 0.479. The van der Waals surface area contributed by atoms with Crippen molar-refractivity contribution in [3.63, 3.8) is 0 Å². The van der Waals surface area contributed by atoms with Crippen LogP contribution in [0, 0.1) is 6.92 Å². The van der Waals surface area contributed by atoms with E-state index in [0.717, 1.165) is 12.4 Å². The second kappa shape index (κ2) is 5.15. The second-order valence-corrected chi connectivity index (χ2v) is 4.32. The van der Waals surface area contributed by atoms with Crippen molar-refractivity contribution in [2.45, 2.75) is 13.5 Å². The van der Waals surface area contributed by atoms with Crippen molar-refractivity contribution in [3.8, 4) is 0 Å². The maximum Gasteiger partial charge on any atom is 0.134 e. The molecule has 88 valence electrons. The van der Waals surface area contributed by atoms with Gasteiger partial charge in [0.2, 0.25) is 0 Å². The molecular weight excluding hydrogens is 234 g/mol. The standard InChI is InChI=1S/C13H14ClN3/c1-10-15-12(14)8-13(16-10)17(2)9-11-6-4-3-5-7-11/h3-8H,9H2,1-2H3. The van der Waals surface area contributed by atoms with Crippen LogP contribution >= 0.6 is 11.6 Å². The molecule has 1 heterocycles. The van der Waals surface area contributed by atoms with Crippen molar-refractivity contribution in [1.82, 2.24) is 9.97 Å². The van der Waals surface area contributed by atoms with E-state index >= 15 is 0 Å². The molecule has 4 heteroatoms. The van der Waals surface area contributed by atoms with Gasteiger partial charge >= 0.3 is 0 Å². The average Bonchev–Trinajstić information content (AvgIpc) is 2.29. The van der Waals surface area contributed by atoms with Gasteiger partial charge in [0.05, 0.1) is 0 Å². The lowest BCUT2D eigenvalue weighted by molar-refractivity contribution is 0.879. The number of benzene rings is 1. The maximum absolute atomic E-state index is 5.92. The molecule has 0 spiro atoms. The molecular formula is C13H14ClN3. The summed E-state index contributed by atoms with van der Waals surface area (Å²) in [6.07, 6.45) is 0. The zero-order chi connectivity index (χ0) is 12.3. The summed E-state index contributed by atoms with van der Waals surface area (Å²) in [4.78, 5) is 10.5. The third-order valence-corrected chi connectivity index (χ3v) is 2.64. The molecule has 0 unspecified atom stereocenters. The highest BCUT2D eigenvalue weighted by Crippen LogP contribution is 2.16. The Hall–Kier alpha value is -1.61. The lowest BCUT2D eigenvalue weighted by atomic mass is 10.2. The molecule has 0 amide bonds. The Morgan fingerprint density at radius 3 is 2.53 bits per heavy atom. The van der Waals surface area contributed by atoms with Gasteiger partial charge in [-0.05, 0) is 12.5 Å². The van der Waals surface area contributed by atoms with E-state index in [1.165, 1.54) is 5.56 Å². The zero-order valence-corrected chi connectivity index (χ0v) is 10.6. The van der Waals surface area contributed by atoms with E-state index in [-0.39, 0.29) is 0 Å². The van der Waals surface area contributed by atoms with E-state index in [4.69, 9.17) is 11.6 Å². The van der Waals surface area contributed by atoms with E-state index in [1.807, 2.05) is 32.2 Å². The van der Waals surface area contributed by atoms with Crippen LogP contribution in [0.5, 0.6) is 0 Å². The van der Waals surface area contributed by atoms with E-state index in [0.29, 0.717) is 11.0 Å². The Balaban J connectivity index is 2.17. The second-order valence-electron chi connectivity index (χ2n) is 3.94. The summed E-state index contributed by atoms with van der Waals surface area (Å²) in [5.41, 5.74) is 1.24. The smallest absolute Gasteiger partial charge is 0.134 e. The summed E-state index contributed by atoms with van der Waals surface area (Å²) in [5.74, 6) is 1.53. The van der Waals surface area contributed by atoms with Gasteiger partial charge < -0.3 is 4.90 Å². The van der Waals surface area contributed by atoms with Crippen LogP contribution in [-0.4, -0.2) is 17.0 Å². The molecule has 0 bridgehead atoms. The predicted molar refractivity (Wildman–Crippen MR) is 70.3 cm³/mol. The lowest BCUT2D eigenvalue weighted by Gasteiger charge is -2.18. The number of aromatic nitrogens is 2. The topological polar surface area (TPSA) is 29.0 Å². The molecule has 2 rings (SSSR count). The van der Waals surface area contributed by atoms with Crippen molar-refractivity contribution < 1.29 is 0 Å². The highest BCUT2D eigenvalue weighted by molar-refractivity contribution is 6.29. The Morgan fingerprint density at radius 2 is 1.88 bits per heavy atom. The molecule has 0 saturated heterocycles. The van der Waals surface area contributed by atoms with Crippen LogP contribution in [0.4, 0.5) is 5.82 Å². The summed E-state index contributed by atoms with van der Waals surface area (Å²) in [6.45, 7) is 2.64. The average molecular weight is 248 g/mol. The van der Waals surface area contributed by atoms with Crippen molar-refractivity contribution >= 4 is 17.4 Å². The molecule has 0 saturated carbocycles. The third kappa shape index (κ3) is 3.17. The first kappa shape index (κ1) is 11.9. The Kier molecular flexibility index (Phi) is 3.59. The predicted octanol–water partition coefficient (Wildman–Crippen LogP) is 3.07. The fourth-order valence-corrected chi connectivity index (χ4v) is 1.87. The first-order valence-corrected chi connectivity index (χ1v) is 5.79. The van der Waals surface area contributed by atoms with Crippen molar-refractivity contribution in [2.24, 2.45) is 0 Å². The normalized spacial score (nSPS) is 10.3. The number of anilines is 1. The largest absolute Gasteiger partial charge is 0.355 e. The van der Waals surface area contributed by atoms with E-state index in [2.05, 4.69) is 27.0 Å². The summed E-state index contributed by atoms with van der Waals surface area (Å²) in [7, 11) is 1.99. The van der Waals surface area contributed by atoms with Gasteiger partial charge in [0, 0.05) is 19.7 Å². The van der Waals surface area contributed by atoms with Crippen molar-refractivity contribution in [2.75, 3.05) is 11.9 Å². The van der Waals surface area contributed by atoms with E-state index in [1.54, 1.807) is 6.07 Å². The minimum Gasteiger partial charge on any atom is -0.355 e. The molecule has 0 radical (unpaired) electrons. The molecule has 0 aliphatic heterocycles. The Labute approximate surface area is 106 Å². The Bertz CT molecular complexity index is 479. The van der Waals surface area contributed by atoms with Gasteiger partial charge in [0.1, 0.15) is 16.8 Å². The van der Waals surface area contributed by atoms with Crippen LogP contribution in [0.2, 0.25) is 5.15 Å². The van der Waals surface area contributed by atoms with Gasteiger partial charge in [-0.2, -0.15) is 0 Å². The van der Waals surface area contributed by atoms with Crippen molar-refractivity contribution in [1.29, 1.82) is 0 Å². The summed E-state index contributed by atoms with van der Waals surface area (Å²) >= 11 is 5.92. The fourth-order valence-electron chi connectivity index (χ4n) is 1.65. The molecule has 17 heavy (non-hydrogen) atoms. The summed E-state index contributed by atoms with van der Waals surface area (Å²) in [5, 5.41) is 0.479. The lowest BCUT2D eigenvalue weighted by Crippen LogP contribution is -2.18. The number of hydrogen-bond donors (Lipinski definition) is 0. The first-order chi connectivity index (χ1) is 8.15. The highest BCUT2D eigenvalue weighted by Gasteiger charge is 2.06. The number of halogens is 1. The molecule has 1 aromatic heterocycles. The van der Waals surface area contributed by atoms with Crippen molar-refractivity contribution in [3.05, 3.63) is 52.9 Å². The molecule has 0 aliphatic carbocycles. The molecule has 0 atom stereocenters. The third-order valence-electron chi connectivity index (χ3n) is 2.45. The molecule has 3 nitrogen and oxygen atoms in total. The van der Waals surface area contributed by atoms with E-state index in [9.17, 15) is 0 Å². The molecule has 1 aromatic carbocycles. The minimum atomic E-state index is 0.479. The maximum atomic E-state index is 5.92. The van der Waals surface area contributed by atoms with Gasteiger partial charge in [-0.25, -0.2) is 9.97 Å². The Morgan fingerprint density at radius 1 is 1.18 bits per heavy atom. The summed E-state index contributed by atoms with van der Waals surface area (Å²) < 4.78 is 0.